The van der Waals surface area contributed by atoms with E-state index in [2.05, 4.69) is 15.5 Å². The van der Waals surface area contributed by atoms with E-state index in [0.29, 0.717) is 5.82 Å². The van der Waals surface area contributed by atoms with Gasteiger partial charge in [0, 0.05) is 13.5 Å². The summed E-state index contributed by atoms with van der Waals surface area (Å²) in [5.74, 6) is -0.571. The van der Waals surface area contributed by atoms with Crippen LogP contribution >= 0.6 is 0 Å². The Morgan fingerprint density at radius 2 is 2.25 bits per heavy atom. The van der Waals surface area contributed by atoms with Gasteiger partial charge in [0.25, 0.3) is 6.43 Å². The van der Waals surface area contributed by atoms with E-state index in [4.69, 9.17) is 14.6 Å². The lowest BCUT2D eigenvalue weighted by Gasteiger charge is -2.13. The minimum absolute atomic E-state index is 0.0568. The van der Waals surface area contributed by atoms with E-state index < -0.39 is 25.1 Å². The predicted molar refractivity (Wildman–Crippen MR) is 61.4 cm³/mol. The normalized spacial score (nSPS) is 12.8. The minimum Gasteiger partial charge on any atom is -0.481 e. The zero-order valence-corrected chi connectivity index (χ0v) is 10.9. The number of carboxylic acids is 1. The van der Waals surface area contributed by atoms with Crippen LogP contribution in [-0.4, -0.2) is 64.1 Å². The first-order chi connectivity index (χ1) is 9.52. The summed E-state index contributed by atoms with van der Waals surface area (Å²) in [5.41, 5.74) is 0. The number of aromatic nitrogens is 4. The van der Waals surface area contributed by atoms with Crippen molar-refractivity contribution in [3.8, 4) is 0 Å². The minimum atomic E-state index is -2.51. The van der Waals surface area contributed by atoms with Gasteiger partial charge in [0.1, 0.15) is 6.61 Å². The van der Waals surface area contributed by atoms with Gasteiger partial charge >= 0.3 is 5.97 Å². The van der Waals surface area contributed by atoms with Crippen LogP contribution in [0.1, 0.15) is 12.2 Å². The van der Waals surface area contributed by atoms with E-state index in [-0.39, 0.29) is 26.0 Å². The first kappa shape index (κ1) is 16.4. The number of halogens is 2. The molecule has 1 unspecified atom stereocenters. The van der Waals surface area contributed by atoms with Gasteiger partial charge in [-0.15, -0.1) is 5.10 Å². The van der Waals surface area contributed by atoms with Crippen LogP contribution < -0.4 is 0 Å². The van der Waals surface area contributed by atoms with Crippen LogP contribution in [0.2, 0.25) is 0 Å². The molecule has 0 saturated heterocycles. The average molecular weight is 294 g/mol. The zero-order valence-electron chi connectivity index (χ0n) is 10.9. The van der Waals surface area contributed by atoms with Crippen molar-refractivity contribution >= 4 is 5.97 Å². The molecule has 0 saturated carbocycles. The molecule has 1 atom stereocenters. The molecule has 0 fully saturated rings. The highest BCUT2D eigenvalue weighted by Crippen LogP contribution is 2.04. The standard InChI is InChI=1S/C10H16F2N4O4/c1-19-7(4-10(17)18)5-16-9(13-14-15-16)2-3-20-6-8(11)12/h7-8H,2-6H2,1H3,(H,17,18). The molecular formula is C10H16F2N4O4. The van der Waals surface area contributed by atoms with E-state index in [1.807, 2.05) is 0 Å². The molecule has 10 heteroatoms. The van der Waals surface area contributed by atoms with Crippen molar-refractivity contribution in [1.29, 1.82) is 0 Å². The average Bonchev–Trinajstić information content (AvgIpc) is 2.80. The van der Waals surface area contributed by atoms with Crippen LogP contribution in [0.5, 0.6) is 0 Å². The lowest BCUT2D eigenvalue weighted by Crippen LogP contribution is -2.24. The van der Waals surface area contributed by atoms with Crippen molar-refractivity contribution in [2.45, 2.75) is 31.9 Å². The third-order valence-corrected chi connectivity index (χ3v) is 2.43. The van der Waals surface area contributed by atoms with Crippen molar-refractivity contribution in [2.75, 3.05) is 20.3 Å². The fourth-order valence-corrected chi connectivity index (χ4v) is 1.49. The number of hydrogen-bond acceptors (Lipinski definition) is 6. The number of aliphatic carboxylic acids is 1. The maximum Gasteiger partial charge on any atom is 0.306 e. The van der Waals surface area contributed by atoms with Gasteiger partial charge < -0.3 is 14.6 Å². The molecule has 0 amide bonds. The largest absolute Gasteiger partial charge is 0.481 e. The van der Waals surface area contributed by atoms with Gasteiger partial charge in [-0.2, -0.15) is 0 Å². The Kier molecular flexibility index (Phi) is 6.94. The first-order valence-electron chi connectivity index (χ1n) is 5.88. The quantitative estimate of drug-likeness (QED) is 0.606. The second kappa shape index (κ2) is 8.48. The molecule has 1 aromatic heterocycles. The summed E-state index contributed by atoms with van der Waals surface area (Å²) in [6, 6.07) is 0. The Morgan fingerprint density at radius 1 is 1.50 bits per heavy atom. The van der Waals surface area contributed by atoms with Crippen LogP contribution in [0, 0.1) is 0 Å². The Morgan fingerprint density at radius 3 is 2.85 bits per heavy atom. The topological polar surface area (TPSA) is 99.4 Å². The number of ether oxygens (including phenoxy) is 2. The molecule has 0 aliphatic carbocycles. The smallest absolute Gasteiger partial charge is 0.306 e. The van der Waals surface area contributed by atoms with Gasteiger partial charge in [0.15, 0.2) is 5.82 Å². The van der Waals surface area contributed by atoms with Gasteiger partial charge in [-0.3, -0.25) is 4.79 Å². The van der Waals surface area contributed by atoms with E-state index >= 15 is 0 Å². The Balaban J connectivity index is 2.46. The molecule has 0 aromatic carbocycles. The third kappa shape index (κ3) is 5.97. The maximum atomic E-state index is 11.9. The van der Waals surface area contributed by atoms with Crippen molar-refractivity contribution in [2.24, 2.45) is 0 Å². The Hall–Kier alpha value is -1.68. The molecule has 1 heterocycles. The number of carbonyl (C=O) groups is 1. The van der Waals surface area contributed by atoms with E-state index in [1.165, 1.54) is 11.8 Å². The highest BCUT2D eigenvalue weighted by Gasteiger charge is 2.16. The summed E-state index contributed by atoms with van der Waals surface area (Å²) < 4.78 is 34.9. The predicted octanol–water partition coefficient (Wildman–Crippen LogP) is -0.0130. The second-order valence-corrected chi connectivity index (χ2v) is 3.95. The molecule has 114 valence electrons. The zero-order chi connectivity index (χ0) is 15.0. The molecule has 0 aliphatic heterocycles. The summed E-state index contributed by atoms with van der Waals surface area (Å²) in [6.45, 7) is -0.414. The van der Waals surface area contributed by atoms with E-state index in [1.54, 1.807) is 0 Å². The maximum absolute atomic E-state index is 11.9. The van der Waals surface area contributed by atoms with Crippen LogP contribution in [0.3, 0.4) is 0 Å². The lowest BCUT2D eigenvalue weighted by atomic mass is 10.2. The molecular weight excluding hydrogens is 278 g/mol. The van der Waals surface area contributed by atoms with Crippen LogP contribution in [-0.2, 0) is 27.2 Å². The molecule has 0 aliphatic rings. The summed E-state index contributed by atoms with van der Waals surface area (Å²) in [5, 5.41) is 19.6. The first-order valence-corrected chi connectivity index (χ1v) is 5.88. The van der Waals surface area contributed by atoms with E-state index in [9.17, 15) is 13.6 Å². The monoisotopic (exact) mass is 294 g/mol. The fraction of sp³-hybridized carbons (Fsp3) is 0.800. The molecule has 8 nitrogen and oxygen atoms in total. The number of tetrazole rings is 1. The molecule has 0 bridgehead atoms. The van der Waals surface area contributed by atoms with Gasteiger partial charge in [0.05, 0.1) is 25.7 Å². The van der Waals surface area contributed by atoms with Crippen molar-refractivity contribution in [3.05, 3.63) is 5.82 Å². The molecule has 1 rings (SSSR count). The van der Waals surface area contributed by atoms with Crippen molar-refractivity contribution < 1.29 is 28.2 Å². The molecule has 1 aromatic rings. The lowest BCUT2D eigenvalue weighted by molar-refractivity contribution is -0.140. The second-order valence-electron chi connectivity index (χ2n) is 3.95. The van der Waals surface area contributed by atoms with Crippen molar-refractivity contribution in [3.63, 3.8) is 0 Å². The highest BCUT2D eigenvalue weighted by atomic mass is 19.3. The van der Waals surface area contributed by atoms with Gasteiger partial charge in [0.2, 0.25) is 0 Å². The third-order valence-electron chi connectivity index (χ3n) is 2.43. The number of alkyl halides is 2. The number of carboxylic acid groups (broad SMARTS) is 1. The number of hydrogen-bond donors (Lipinski definition) is 1. The number of nitrogens with zero attached hydrogens (tertiary/aromatic N) is 4. The summed E-state index contributed by atoms with van der Waals surface area (Å²) in [7, 11) is 1.39. The Labute approximate surface area is 113 Å². The van der Waals surface area contributed by atoms with Gasteiger partial charge in [-0.1, -0.05) is 0 Å². The van der Waals surface area contributed by atoms with Crippen LogP contribution in [0.4, 0.5) is 8.78 Å². The van der Waals surface area contributed by atoms with Crippen LogP contribution in [0.25, 0.3) is 0 Å². The summed E-state index contributed by atoms with van der Waals surface area (Å²) in [6.07, 6.45) is -3.02. The van der Waals surface area contributed by atoms with E-state index in [0.717, 1.165) is 0 Å². The SMILES string of the molecule is COC(CC(=O)O)Cn1nnnc1CCOCC(F)F. The van der Waals surface area contributed by atoms with Crippen molar-refractivity contribution in [1.82, 2.24) is 20.2 Å². The Bertz CT molecular complexity index is 416. The summed E-state index contributed by atoms with van der Waals surface area (Å²) in [4.78, 5) is 10.6. The number of rotatable bonds is 10. The molecule has 20 heavy (non-hydrogen) atoms. The molecule has 0 radical (unpaired) electrons. The summed E-state index contributed by atoms with van der Waals surface area (Å²) >= 11 is 0. The number of methoxy groups -OCH3 is 1. The molecule has 0 spiro atoms. The van der Waals surface area contributed by atoms with Crippen LogP contribution in [0.15, 0.2) is 0 Å². The van der Waals surface area contributed by atoms with Gasteiger partial charge in [-0.25, -0.2) is 13.5 Å². The highest BCUT2D eigenvalue weighted by molar-refractivity contribution is 5.67. The van der Waals surface area contributed by atoms with Gasteiger partial charge in [-0.05, 0) is 10.4 Å². The fourth-order valence-electron chi connectivity index (χ4n) is 1.49. The molecule has 1 N–H and O–H groups in total.